The van der Waals surface area contributed by atoms with Crippen LogP contribution in [0.15, 0.2) is 34.5 Å². The third-order valence-corrected chi connectivity index (χ3v) is 7.48. The summed E-state index contributed by atoms with van der Waals surface area (Å²) in [7, 11) is -3.44. The first-order valence-corrected chi connectivity index (χ1v) is 9.86. The molecule has 0 radical (unpaired) electrons. The molecule has 1 aliphatic rings. The maximum Gasteiger partial charge on any atom is 0.243 e. The first-order valence-electron chi connectivity index (χ1n) is 7.54. The highest BCUT2D eigenvalue weighted by molar-refractivity contribution is 7.89. The number of hydrogen-bond donors (Lipinski definition) is 0. The van der Waals surface area contributed by atoms with Gasteiger partial charge in [-0.1, -0.05) is 12.1 Å². The van der Waals surface area contributed by atoms with Crippen molar-refractivity contribution in [2.24, 2.45) is 0 Å². The zero-order chi connectivity index (χ0) is 15.9. The predicted molar refractivity (Wildman–Crippen MR) is 90.8 cm³/mol. The monoisotopic (exact) mass is 335 g/mol. The van der Waals surface area contributed by atoms with Gasteiger partial charge in [-0.3, -0.25) is 0 Å². The van der Waals surface area contributed by atoms with E-state index in [1.54, 1.807) is 15.6 Å². The molecule has 0 spiro atoms. The molecular weight excluding hydrogens is 314 g/mol. The number of aryl methyl sites for hydroxylation is 3. The zero-order valence-electron chi connectivity index (χ0n) is 13.2. The molecule has 1 atom stereocenters. The van der Waals surface area contributed by atoms with Crippen molar-refractivity contribution in [3.05, 3.63) is 51.2 Å². The highest BCUT2D eigenvalue weighted by atomic mass is 32.2. The standard InChI is InChI=1S/C17H21NO2S2/c1-12-10-14(3)17(11-13(12)2)22(19,20)18-8-4-6-15(18)16-7-5-9-21-16/h5,7,9-11,15H,4,6,8H2,1-3H3/t15-/m1/s1. The van der Waals surface area contributed by atoms with E-state index < -0.39 is 10.0 Å². The van der Waals surface area contributed by atoms with E-state index in [0.29, 0.717) is 11.4 Å². The Balaban J connectivity index is 2.04. The second kappa shape index (κ2) is 5.80. The van der Waals surface area contributed by atoms with Crippen molar-refractivity contribution >= 4 is 21.4 Å². The number of nitrogens with zero attached hydrogens (tertiary/aromatic N) is 1. The Hall–Kier alpha value is -1.17. The lowest BCUT2D eigenvalue weighted by molar-refractivity contribution is 0.400. The molecule has 0 unspecified atom stereocenters. The summed E-state index contributed by atoms with van der Waals surface area (Å²) < 4.78 is 28.0. The second-order valence-corrected chi connectivity index (χ2v) is 8.83. The van der Waals surface area contributed by atoms with Crippen LogP contribution in [0.2, 0.25) is 0 Å². The summed E-state index contributed by atoms with van der Waals surface area (Å²) in [5.41, 5.74) is 2.99. The van der Waals surface area contributed by atoms with Gasteiger partial charge in [0.1, 0.15) is 0 Å². The molecule has 2 aromatic rings. The van der Waals surface area contributed by atoms with Crippen LogP contribution in [0, 0.1) is 20.8 Å². The van der Waals surface area contributed by atoms with Gasteiger partial charge in [-0.15, -0.1) is 11.3 Å². The molecule has 0 bridgehead atoms. The molecule has 22 heavy (non-hydrogen) atoms. The van der Waals surface area contributed by atoms with Crippen molar-refractivity contribution in [1.82, 2.24) is 4.31 Å². The van der Waals surface area contributed by atoms with E-state index in [1.807, 2.05) is 50.4 Å². The molecule has 0 saturated carbocycles. The first-order chi connectivity index (χ1) is 10.4. The smallest absolute Gasteiger partial charge is 0.207 e. The number of thiophene rings is 1. The largest absolute Gasteiger partial charge is 0.243 e. The van der Waals surface area contributed by atoms with Gasteiger partial charge in [0.2, 0.25) is 10.0 Å². The van der Waals surface area contributed by atoms with E-state index in [9.17, 15) is 8.42 Å². The van der Waals surface area contributed by atoms with Crippen LogP contribution in [0.25, 0.3) is 0 Å². The summed E-state index contributed by atoms with van der Waals surface area (Å²) in [6.07, 6.45) is 1.83. The number of hydrogen-bond acceptors (Lipinski definition) is 3. The molecule has 5 heteroatoms. The van der Waals surface area contributed by atoms with Crippen molar-refractivity contribution in [1.29, 1.82) is 0 Å². The topological polar surface area (TPSA) is 37.4 Å². The third kappa shape index (κ3) is 2.62. The zero-order valence-corrected chi connectivity index (χ0v) is 14.8. The molecule has 0 aliphatic carbocycles. The van der Waals surface area contributed by atoms with Crippen LogP contribution in [0.4, 0.5) is 0 Å². The van der Waals surface area contributed by atoms with Gasteiger partial charge in [0.05, 0.1) is 10.9 Å². The molecule has 3 nitrogen and oxygen atoms in total. The van der Waals surface area contributed by atoms with Crippen molar-refractivity contribution in [2.75, 3.05) is 6.54 Å². The Bertz CT molecular complexity index is 779. The minimum atomic E-state index is -3.44. The Labute approximate surface area is 136 Å². The van der Waals surface area contributed by atoms with Crippen LogP contribution in [0.1, 0.15) is 40.5 Å². The lowest BCUT2D eigenvalue weighted by Crippen LogP contribution is -2.31. The highest BCUT2D eigenvalue weighted by Crippen LogP contribution is 2.39. The van der Waals surface area contributed by atoms with Gasteiger partial charge in [0.15, 0.2) is 0 Å². The van der Waals surface area contributed by atoms with Crippen molar-refractivity contribution in [3.63, 3.8) is 0 Å². The molecule has 3 rings (SSSR count). The van der Waals surface area contributed by atoms with Gasteiger partial charge in [-0.2, -0.15) is 4.31 Å². The maximum atomic E-state index is 13.2. The molecule has 1 saturated heterocycles. The normalized spacial score (nSPS) is 19.7. The fourth-order valence-electron chi connectivity index (χ4n) is 3.13. The van der Waals surface area contributed by atoms with Crippen LogP contribution in [0.5, 0.6) is 0 Å². The summed E-state index contributed by atoms with van der Waals surface area (Å²) in [6, 6.07) is 7.81. The van der Waals surface area contributed by atoms with Crippen LogP contribution < -0.4 is 0 Å². The summed E-state index contributed by atoms with van der Waals surface area (Å²) in [5, 5.41) is 2.01. The van der Waals surface area contributed by atoms with Crippen LogP contribution in [0.3, 0.4) is 0 Å². The van der Waals surface area contributed by atoms with Crippen LogP contribution in [-0.2, 0) is 10.0 Å². The second-order valence-electron chi connectivity index (χ2n) is 5.99. The van der Waals surface area contributed by atoms with E-state index in [4.69, 9.17) is 0 Å². The van der Waals surface area contributed by atoms with Gasteiger partial charge in [0, 0.05) is 11.4 Å². The SMILES string of the molecule is Cc1cc(C)c(S(=O)(=O)N2CCC[C@@H]2c2cccs2)cc1C. The fourth-order valence-corrected chi connectivity index (χ4v) is 6.04. The van der Waals surface area contributed by atoms with E-state index in [2.05, 4.69) is 0 Å². The average Bonchev–Trinajstić information content (AvgIpc) is 3.11. The fraction of sp³-hybridized carbons (Fsp3) is 0.412. The number of rotatable bonds is 3. The van der Waals surface area contributed by atoms with Crippen molar-refractivity contribution in [3.8, 4) is 0 Å². The summed E-state index contributed by atoms with van der Waals surface area (Å²) in [5.74, 6) is 0. The lowest BCUT2D eigenvalue weighted by atomic mass is 10.1. The van der Waals surface area contributed by atoms with E-state index in [0.717, 1.165) is 34.4 Å². The molecule has 1 aromatic carbocycles. The minimum Gasteiger partial charge on any atom is -0.207 e. The van der Waals surface area contributed by atoms with E-state index >= 15 is 0 Å². The Kier molecular flexibility index (Phi) is 4.14. The molecule has 118 valence electrons. The quantitative estimate of drug-likeness (QED) is 0.843. The molecule has 1 aromatic heterocycles. The van der Waals surface area contributed by atoms with E-state index in [-0.39, 0.29) is 6.04 Å². The molecule has 1 fully saturated rings. The molecule has 0 amide bonds. The van der Waals surface area contributed by atoms with Crippen molar-refractivity contribution < 1.29 is 8.42 Å². The summed E-state index contributed by atoms with van der Waals surface area (Å²) in [4.78, 5) is 1.60. The Morgan fingerprint density at radius 1 is 1.14 bits per heavy atom. The summed E-state index contributed by atoms with van der Waals surface area (Å²) in [6.45, 7) is 6.48. The van der Waals surface area contributed by atoms with E-state index in [1.165, 1.54) is 0 Å². The highest BCUT2D eigenvalue weighted by Gasteiger charge is 2.37. The van der Waals surface area contributed by atoms with Gasteiger partial charge >= 0.3 is 0 Å². The Morgan fingerprint density at radius 2 is 1.86 bits per heavy atom. The maximum absolute atomic E-state index is 13.2. The lowest BCUT2D eigenvalue weighted by Gasteiger charge is -2.24. The first kappa shape index (κ1) is 15.7. The van der Waals surface area contributed by atoms with Gasteiger partial charge < -0.3 is 0 Å². The average molecular weight is 335 g/mol. The van der Waals surface area contributed by atoms with Gasteiger partial charge in [0.25, 0.3) is 0 Å². The van der Waals surface area contributed by atoms with Gasteiger partial charge in [-0.25, -0.2) is 8.42 Å². The van der Waals surface area contributed by atoms with Crippen molar-refractivity contribution in [2.45, 2.75) is 44.6 Å². The van der Waals surface area contributed by atoms with Crippen LogP contribution >= 0.6 is 11.3 Å². The molecule has 0 N–H and O–H groups in total. The molecule has 1 aliphatic heterocycles. The Morgan fingerprint density at radius 3 is 2.55 bits per heavy atom. The number of benzene rings is 1. The minimum absolute atomic E-state index is 0.00832. The number of sulfonamides is 1. The van der Waals surface area contributed by atoms with Crippen LogP contribution in [-0.4, -0.2) is 19.3 Å². The predicted octanol–water partition coefficient (Wildman–Crippen LogP) is 4.20. The van der Waals surface area contributed by atoms with Gasteiger partial charge in [-0.05, 0) is 67.8 Å². The molecular formula is C17H21NO2S2. The summed E-state index contributed by atoms with van der Waals surface area (Å²) >= 11 is 1.64. The molecule has 2 heterocycles. The third-order valence-electron chi connectivity index (χ3n) is 4.45.